The zero-order valence-electron chi connectivity index (χ0n) is 7.53. The van der Waals surface area contributed by atoms with Crippen molar-refractivity contribution in [2.45, 2.75) is 3.98 Å². The van der Waals surface area contributed by atoms with Crippen molar-refractivity contribution in [2.24, 2.45) is 0 Å². The van der Waals surface area contributed by atoms with Crippen LogP contribution < -0.4 is 5.32 Å². The van der Waals surface area contributed by atoms with Crippen LogP contribution in [0.2, 0.25) is 3.98 Å². The summed E-state index contributed by atoms with van der Waals surface area (Å²) in [6.45, 7) is 0. The number of anilines is 1. The van der Waals surface area contributed by atoms with Crippen LogP contribution in [-0.2, 0) is 0 Å². The van der Waals surface area contributed by atoms with Crippen LogP contribution in [-0.4, -0.2) is 24.2 Å². The van der Waals surface area contributed by atoms with E-state index in [0.29, 0.717) is 0 Å². The third-order valence-corrected chi connectivity index (χ3v) is 6.69. The maximum absolute atomic E-state index is 3.39. The molecule has 0 aliphatic carbocycles. The van der Waals surface area contributed by atoms with Crippen LogP contribution in [0.15, 0.2) is 51.8 Å². The van der Waals surface area contributed by atoms with Gasteiger partial charge in [0.2, 0.25) is 0 Å². The first kappa shape index (κ1) is 9.00. The molecule has 2 heteroatoms. The van der Waals surface area contributed by atoms with Crippen molar-refractivity contribution in [3.05, 3.63) is 51.8 Å². The molecule has 2 rings (SSSR count). The van der Waals surface area contributed by atoms with Gasteiger partial charge in [-0.2, -0.15) is 0 Å². The molecule has 0 spiro atoms. The quantitative estimate of drug-likeness (QED) is 0.797. The van der Waals surface area contributed by atoms with Crippen molar-refractivity contribution < 1.29 is 0 Å². The van der Waals surface area contributed by atoms with Crippen LogP contribution in [0.3, 0.4) is 0 Å². The molecule has 1 aromatic rings. The second kappa shape index (κ2) is 4.60. The monoisotopic (exact) mass is 363 g/mol. The molecule has 1 heterocycles. The van der Waals surface area contributed by atoms with Gasteiger partial charge in [-0.3, -0.25) is 0 Å². The molecule has 1 aliphatic rings. The number of rotatable bonds is 2. The molecular formula is C11H12NTl. The van der Waals surface area contributed by atoms with Gasteiger partial charge >= 0.3 is 91.0 Å². The van der Waals surface area contributed by atoms with Gasteiger partial charge in [0.25, 0.3) is 0 Å². The van der Waals surface area contributed by atoms with Gasteiger partial charge < -0.3 is 0 Å². The number of allylic oxidation sites excluding steroid dienone is 2. The van der Waals surface area contributed by atoms with Crippen LogP contribution in [0.1, 0.15) is 0 Å². The van der Waals surface area contributed by atoms with Gasteiger partial charge in [0.05, 0.1) is 0 Å². The first-order valence-corrected chi connectivity index (χ1v) is 11.7. The van der Waals surface area contributed by atoms with Crippen LogP contribution in [0.25, 0.3) is 0 Å². The molecule has 1 nitrogen and oxygen atoms in total. The third kappa shape index (κ3) is 2.69. The second-order valence-electron chi connectivity index (χ2n) is 3.13. The van der Waals surface area contributed by atoms with Gasteiger partial charge in [-0.25, -0.2) is 0 Å². The van der Waals surface area contributed by atoms with Gasteiger partial charge in [-0.05, 0) is 0 Å². The summed E-state index contributed by atoms with van der Waals surface area (Å²) in [5.74, 6) is 0. The molecule has 1 aliphatic heterocycles. The first-order chi connectivity index (χ1) is 6.45. The summed E-state index contributed by atoms with van der Waals surface area (Å²) in [5.41, 5.74) is 2.44. The van der Waals surface area contributed by atoms with Crippen molar-refractivity contribution >= 4 is 29.9 Å². The molecule has 0 unspecified atom stereocenters. The van der Waals surface area contributed by atoms with Crippen LogP contribution >= 0.6 is 0 Å². The van der Waals surface area contributed by atoms with Gasteiger partial charge in [0.1, 0.15) is 0 Å². The van der Waals surface area contributed by atoms with E-state index in [4.69, 9.17) is 0 Å². The molecule has 0 saturated carbocycles. The van der Waals surface area contributed by atoms with E-state index < -0.39 is 24.2 Å². The molecule has 0 bridgehead atoms. The van der Waals surface area contributed by atoms with Crippen LogP contribution in [0, 0.1) is 0 Å². The van der Waals surface area contributed by atoms with Gasteiger partial charge in [0.15, 0.2) is 0 Å². The number of hydrogen-bond donors (Lipinski definition) is 1. The Hall–Kier alpha value is -0.578. The normalized spacial score (nSPS) is 14.6. The Morgan fingerprint density at radius 3 is 2.69 bits per heavy atom. The Bertz CT molecular complexity index is 327. The van der Waals surface area contributed by atoms with Crippen molar-refractivity contribution in [1.29, 1.82) is 0 Å². The van der Waals surface area contributed by atoms with E-state index in [1.807, 2.05) is 6.07 Å². The van der Waals surface area contributed by atoms with Crippen molar-refractivity contribution in [2.75, 3.05) is 5.32 Å². The Morgan fingerprint density at radius 2 is 2.00 bits per heavy atom. The summed E-state index contributed by atoms with van der Waals surface area (Å²) < 4.78 is 3.79. The third-order valence-electron chi connectivity index (χ3n) is 2.06. The minimum absolute atomic E-state index is 0.555. The fraction of sp³-hybridized carbons (Fsp3) is 0.0909. The minimum atomic E-state index is -0.555. The van der Waals surface area contributed by atoms with Crippen molar-refractivity contribution in [3.63, 3.8) is 0 Å². The molecule has 0 aromatic heterocycles. The number of benzene rings is 1. The molecule has 1 N–H and O–H groups in total. The average molecular weight is 363 g/mol. The van der Waals surface area contributed by atoms with Gasteiger partial charge in [-0.15, -0.1) is 0 Å². The van der Waals surface area contributed by atoms with Gasteiger partial charge in [0, 0.05) is 0 Å². The summed E-state index contributed by atoms with van der Waals surface area (Å²) in [7, 11) is 0. The molecule has 0 saturated heterocycles. The van der Waals surface area contributed by atoms with Crippen molar-refractivity contribution in [3.8, 4) is 0 Å². The molecule has 0 amide bonds. The van der Waals surface area contributed by atoms with E-state index in [9.17, 15) is 0 Å². The Labute approximate surface area is 90.8 Å². The molecular weight excluding hydrogens is 351 g/mol. The van der Waals surface area contributed by atoms with E-state index in [1.54, 1.807) is 0 Å². The first-order valence-electron chi connectivity index (χ1n) is 4.64. The van der Waals surface area contributed by atoms with Crippen molar-refractivity contribution in [1.82, 2.24) is 0 Å². The molecule has 0 radical (unpaired) electrons. The maximum atomic E-state index is 3.39. The molecule has 13 heavy (non-hydrogen) atoms. The predicted octanol–water partition coefficient (Wildman–Crippen LogP) is 2.36. The Morgan fingerprint density at radius 1 is 1.15 bits per heavy atom. The zero-order valence-corrected chi connectivity index (χ0v) is 13.0. The Balaban J connectivity index is 2.06. The van der Waals surface area contributed by atoms with E-state index in [0.717, 1.165) is 0 Å². The van der Waals surface area contributed by atoms with Gasteiger partial charge in [-0.1, -0.05) is 0 Å². The molecule has 0 atom stereocenters. The predicted molar refractivity (Wildman–Crippen MR) is 59.2 cm³/mol. The zero-order chi connectivity index (χ0) is 8.93. The molecule has 64 valence electrons. The van der Waals surface area contributed by atoms with E-state index in [-0.39, 0.29) is 0 Å². The molecule has 0 fully saturated rings. The molecule has 1 aromatic carbocycles. The van der Waals surface area contributed by atoms with E-state index >= 15 is 0 Å². The fourth-order valence-electron chi connectivity index (χ4n) is 1.39. The summed E-state index contributed by atoms with van der Waals surface area (Å²) in [4.78, 5) is 0. The van der Waals surface area contributed by atoms with E-state index in [2.05, 4.69) is 45.4 Å². The standard InChI is InChI=1S/C11H11N.Tl.H/c1-3-10(4-2)12-11-8-6-5-7-9-11;;/h1,3-9,12H,2H2;;. The fourth-order valence-corrected chi connectivity index (χ4v) is 5.63. The number of nitrogens with one attached hydrogen (secondary N) is 1. The topological polar surface area (TPSA) is 12.0 Å². The summed E-state index contributed by atoms with van der Waals surface area (Å²) in [6, 6.07) is 10.3. The second-order valence-corrected chi connectivity index (χ2v) is 9.45. The SMILES string of the molecule is [CH]1=CC(Nc2ccccc2)=C[CH2][TlH]1. The van der Waals surface area contributed by atoms with Crippen LogP contribution in [0.5, 0.6) is 0 Å². The summed E-state index contributed by atoms with van der Waals surface area (Å²) >= 11 is -0.555. The summed E-state index contributed by atoms with van der Waals surface area (Å²) in [5, 5.41) is 3.39. The van der Waals surface area contributed by atoms with E-state index in [1.165, 1.54) is 15.4 Å². The van der Waals surface area contributed by atoms with Crippen LogP contribution in [0.4, 0.5) is 5.69 Å². The summed E-state index contributed by atoms with van der Waals surface area (Å²) in [6.07, 6.45) is 4.56. The number of para-hydroxylation sites is 1. The Kier molecular flexibility index (Phi) is 3.18. The number of hydrogen-bond acceptors (Lipinski definition) is 1. The average Bonchev–Trinajstić information content (AvgIpc) is 2.21.